The Morgan fingerprint density at radius 1 is 1.40 bits per heavy atom. The van der Waals surface area contributed by atoms with Gasteiger partial charge in [0.15, 0.2) is 0 Å². The van der Waals surface area contributed by atoms with Crippen LogP contribution in [0, 0.1) is 11.8 Å². The van der Waals surface area contributed by atoms with Crippen LogP contribution in [-0.4, -0.2) is 10.3 Å². The van der Waals surface area contributed by atoms with Gasteiger partial charge in [-0.15, -0.1) is 0 Å². The molecule has 0 unspecified atom stereocenters. The van der Waals surface area contributed by atoms with Gasteiger partial charge in [0.2, 0.25) is 0 Å². The summed E-state index contributed by atoms with van der Waals surface area (Å²) in [6.07, 6.45) is -1.63. The predicted octanol–water partition coefficient (Wildman–Crippen LogP) is 3.24. The van der Waals surface area contributed by atoms with Gasteiger partial charge in [0.05, 0.1) is 11.1 Å². The standard InChI is InChI=1S/C10H7BrF3N/c11-5-2-1-3-8-7-15-6-4-9(8)10(12,13)14/h4,6-7H,2,5H2. The molecular formula is C10H7BrF3N. The van der Waals surface area contributed by atoms with Crippen LogP contribution >= 0.6 is 15.9 Å². The molecule has 0 radical (unpaired) electrons. The van der Waals surface area contributed by atoms with E-state index in [2.05, 4.69) is 32.8 Å². The first-order valence-corrected chi connectivity index (χ1v) is 5.24. The molecule has 1 nitrogen and oxygen atoms in total. The van der Waals surface area contributed by atoms with Gasteiger partial charge >= 0.3 is 6.18 Å². The lowest BCUT2D eigenvalue weighted by atomic mass is 10.1. The SMILES string of the molecule is FC(F)(F)c1ccncc1C#CCCBr. The number of aromatic nitrogens is 1. The Bertz CT molecular complexity index is 390. The van der Waals surface area contributed by atoms with Crippen LogP contribution in [0.4, 0.5) is 13.2 Å². The average Bonchev–Trinajstić information content (AvgIpc) is 2.17. The van der Waals surface area contributed by atoms with Gasteiger partial charge in [0, 0.05) is 24.1 Å². The van der Waals surface area contributed by atoms with Crippen molar-refractivity contribution in [2.45, 2.75) is 12.6 Å². The van der Waals surface area contributed by atoms with E-state index < -0.39 is 11.7 Å². The number of pyridine rings is 1. The third-order valence-electron chi connectivity index (χ3n) is 1.57. The van der Waals surface area contributed by atoms with Gasteiger partial charge in [-0.2, -0.15) is 13.2 Å². The van der Waals surface area contributed by atoms with Gasteiger partial charge in [0.1, 0.15) is 0 Å². The van der Waals surface area contributed by atoms with Crippen LogP contribution in [0.2, 0.25) is 0 Å². The van der Waals surface area contributed by atoms with E-state index in [1.807, 2.05) is 0 Å². The molecule has 1 aromatic heterocycles. The second-order valence-electron chi connectivity index (χ2n) is 2.66. The lowest BCUT2D eigenvalue weighted by Crippen LogP contribution is -2.07. The molecule has 1 aromatic rings. The Morgan fingerprint density at radius 2 is 2.13 bits per heavy atom. The molecule has 0 amide bonds. The molecular weight excluding hydrogens is 271 g/mol. The van der Waals surface area contributed by atoms with E-state index in [0.717, 1.165) is 18.5 Å². The zero-order chi connectivity index (χ0) is 11.3. The smallest absolute Gasteiger partial charge is 0.263 e. The van der Waals surface area contributed by atoms with Crippen LogP contribution in [0.15, 0.2) is 18.5 Å². The second-order valence-corrected chi connectivity index (χ2v) is 3.45. The Labute approximate surface area is 93.8 Å². The summed E-state index contributed by atoms with van der Waals surface area (Å²) in [5.74, 6) is 5.09. The Morgan fingerprint density at radius 3 is 2.73 bits per heavy atom. The molecule has 1 rings (SSSR count). The molecule has 0 fully saturated rings. The largest absolute Gasteiger partial charge is 0.417 e. The van der Waals surface area contributed by atoms with E-state index in [9.17, 15) is 13.2 Å². The molecule has 1 heterocycles. The molecule has 0 aliphatic rings. The third kappa shape index (κ3) is 3.56. The van der Waals surface area contributed by atoms with Crippen molar-refractivity contribution in [3.63, 3.8) is 0 Å². The van der Waals surface area contributed by atoms with Crippen LogP contribution in [0.1, 0.15) is 17.5 Å². The molecule has 0 N–H and O–H groups in total. The van der Waals surface area contributed by atoms with Crippen LogP contribution in [0.5, 0.6) is 0 Å². The van der Waals surface area contributed by atoms with Crippen LogP contribution in [0.3, 0.4) is 0 Å². The van der Waals surface area contributed by atoms with Gasteiger partial charge in [-0.05, 0) is 6.07 Å². The maximum absolute atomic E-state index is 12.5. The Hall–Kier alpha value is -1.02. The first kappa shape index (κ1) is 12.1. The van der Waals surface area contributed by atoms with Gasteiger partial charge in [-0.25, -0.2) is 0 Å². The van der Waals surface area contributed by atoms with Crippen LogP contribution in [0.25, 0.3) is 0 Å². The minimum atomic E-state index is -4.37. The molecule has 0 atom stereocenters. The minimum Gasteiger partial charge on any atom is -0.263 e. The molecule has 0 saturated heterocycles. The zero-order valence-electron chi connectivity index (χ0n) is 7.61. The number of hydrogen-bond donors (Lipinski definition) is 0. The summed E-state index contributed by atoms with van der Waals surface area (Å²) in [6.45, 7) is 0. The molecule has 0 saturated carbocycles. The van der Waals surface area contributed by atoms with Crippen molar-refractivity contribution in [1.82, 2.24) is 4.98 Å². The molecule has 0 bridgehead atoms. The van der Waals surface area contributed by atoms with Crippen LogP contribution in [-0.2, 0) is 6.18 Å². The molecule has 80 valence electrons. The van der Waals surface area contributed by atoms with Crippen molar-refractivity contribution in [3.8, 4) is 11.8 Å². The van der Waals surface area contributed by atoms with Gasteiger partial charge in [-0.1, -0.05) is 27.8 Å². The lowest BCUT2D eigenvalue weighted by Gasteiger charge is -2.07. The average molecular weight is 278 g/mol. The molecule has 0 aliphatic heterocycles. The van der Waals surface area contributed by atoms with E-state index in [1.54, 1.807) is 0 Å². The van der Waals surface area contributed by atoms with E-state index in [1.165, 1.54) is 0 Å². The first-order valence-electron chi connectivity index (χ1n) is 4.11. The monoisotopic (exact) mass is 277 g/mol. The summed E-state index contributed by atoms with van der Waals surface area (Å²) in [5.41, 5.74) is -0.814. The Kier molecular flexibility index (Phi) is 4.15. The van der Waals surface area contributed by atoms with Gasteiger partial charge in [-0.3, -0.25) is 4.98 Å². The minimum absolute atomic E-state index is 0.0778. The molecule has 0 spiro atoms. The highest BCUT2D eigenvalue weighted by Crippen LogP contribution is 2.30. The summed E-state index contributed by atoms with van der Waals surface area (Å²) in [5, 5.41) is 0.640. The maximum atomic E-state index is 12.5. The fourth-order valence-corrected chi connectivity index (χ4v) is 1.14. The maximum Gasteiger partial charge on any atom is 0.417 e. The lowest BCUT2D eigenvalue weighted by molar-refractivity contribution is -0.137. The molecule has 0 aromatic carbocycles. The molecule has 0 aliphatic carbocycles. The normalized spacial score (nSPS) is 10.7. The number of hydrogen-bond acceptors (Lipinski definition) is 1. The third-order valence-corrected chi connectivity index (χ3v) is 1.97. The topological polar surface area (TPSA) is 12.9 Å². The van der Waals surface area contributed by atoms with Gasteiger partial charge < -0.3 is 0 Å². The van der Waals surface area contributed by atoms with E-state index >= 15 is 0 Å². The van der Waals surface area contributed by atoms with E-state index in [0.29, 0.717) is 11.8 Å². The van der Waals surface area contributed by atoms with Crippen molar-refractivity contribution in [2.24, 2.45) is 0 Å². The van der Waals surface area contributed by atoms with Gasteiger partial charge in [0.25, 0.3) is 0 Å². The molecule has 5 heteroatoms. The van der Waals surface area contributed by atoms with E-state index in [-0.39, 0.29) is 5.56 Å². The summed E-state index contributed by atoms with van der Waals surface area (Å²) in [4.78, 5) is 3.62. The van der Waals surface area contributed by atoms with Crippen molar-refractivity contribution < 1.29 is 13.2 Å². The van der Waals surface area contributed by atoms with Crippen molar-refractivity contribution in [3.05, 3.63) is 29.6 Å². The number of halogens is 4. The highest BCUT2D eigenvalue weighted by Gasteiger charge is 2.32. The summed E-state index contributed by atoms with van der Waals surface area (Å²) < 4.78 is 37.4. The van der Waals surface area contributed by atoms with Crippen molar-refractivity contribution >= 4 is 15.9 Å². The quantitative estimate of drug-likeness (QED) is 0.567. The van der Waals surface area contributed by atoms with Crippen LogP contribution < -0.4 is 0 Å². The fraction of sp³-hybridized carbons (Fsp3) is 0.300. The highest BCUT2D eigenvalue weighted by atomic mass is 79.9. The highest BCUT2D eigenvalue weighted by molar-refractivity contribution is 9.09. The fourth-order valence-electron chi connectivity index (χ4n) is 0.946. The number of alkyl halides is 4. The predicted molar refractivity (Wildman–Crippen MR) is 54.5 cm³/mol. The first-order chi connectivity index (χ1) is 7.05. The van der Waals surface area contributed by atoms with Crippen molar-refractivity contribution in [2.75, 3.05) is 5.33 Å². The summed E-state index contributed by atoms with van der Waals surface area (Å²) in [7, 11) is 0. The molecule has 15 heavy (non-hydrogen) atoms. The van der Waals surface area contributed by atoms with Crippen molar-refractivity contribution in [1.29, 1.82) is 0 Å². The Balaban J connectivity index is 3.04. The summed E-state index contributed by atoms with van der Waals surface area (Å²) >= 11 is 3.14. The second kappa shape index (κ2) is 5.17. The number of rotatable bonds is 1. The van der Waals surface area contributed by atoms with E-state index in [4.69, 9.17) is 0 Å². The zero-order valence-corrected chi connectivity index (χ0v) is 9.19. The number of nitrogens with zero attached hydrogens (tertiary/aromatic N) is 1. The summed E-state index contributed by atoms with van der Waals surface area (Å²) in [6, 6.07) is 0.929.